The van der Waals surface area contributed by atoms with Gasteiger partial charge >= 0.3 is 0 Å². The molecule has 0 amide bonds. The van der Waals surface area contributed by atoms with Gasteiger partial charge in [0, 0.05) is 36.4 Å². The van der Waals surface area contributed by atoms with Crippen LogP contribution in [0.1, 0.15) is 19.4 Å². The molecule has 1 aromatic carbocycles. The van der Waals surface area contributed by atoms with E-state index < -0.39 is 0 Å². The lowest BCUT2D eigenvalue weighted by Crippen LogP contribution is -2.25. The average Bonchev–Trinajstić information content (AvgIpc) is 2.67. The van der Waals surface area contributed by atoms with Crippen LogP contribution >= 0.6 is 0 Å². The summed E-state index contributed by atoms with van der Waals surface area (Å²) in [5, 5.41) is 1.30. The van der Waals surface area contributed by atoms with Gasteiger partial charge in [0.1, 0.15) is 0 Å². The van der Waals surface area contributed by atoms with Crippen molar-refractivity contribution in [1.82, 2.24) is 9.47 Å². The molecule has 0 aliphatic carbocycles. The fourth-order valence-corrected chi connectivity index (χ4v) is 2.51. The summed E-state index contributed by atoms with van der Waals surface area (Å²) in [7, 11) is 2.10. The number of nitrogens with zero attached hydrogens (tertiary/aromatic N) is 2. The number of likely N-dealkylation sites (N-methyl/N-ethyl adjacent to an activating group) is 1. The van der Waals surface area contributed by atoms with E-state index in [4.69, 9.17) is 5.73 Å². The van der Waals surface area contributed by atoms with Crippen LogP contribution in [-0.4, -0.2) is 29.1 Å². The van der Waals surface area contributed by atoms with E-state index in [1.54, 1.807) is 0 Å². The Morgan fingerprint density at radius 2 is 1.94 bits per heavy atom. The van der Waals surface area contributed by atoms with Gasteiger partial charge in [-0.1, -0.05) is 13.8 Å². The maximum Gasteiger partial charge on any atom is 0.0482 e. The van der Waals surface area contributed by atoms with Gasteiger partial charge < -0.3 is 15.2 Å². The van der Waals surface area contributed by atoms with Crippen molar-refractivity contribution >= 4 is 16.6 Å². The molecular weight excluding hydrogens is 222 g/mol. The molecule has 0 atom stereocenters. The number of nitrogen functional groups attached to an aromatic ring is 1. The van der Waals surface area contributed by atoms with Crippen LogP contribution in [0, 0.1) is 0 Å². The smallest absolute Gasteiger partial charge is 0.0482 e. The summed E-state index contributed by atoms with van der Waals surface area (Å²) in [6, 6.07) is 6.16. The van der Waals surface area contributed by atoms with Gasteiger partial charge in [-0.2, -0.15) is 0 Å². The summed E-state index contributed by atoms with van der Waals surface area (Å²) in [5.74, 6) is 0. The third-order valence-corrected chi connectivity index (χ3v) is 3.69. The Morgan fingerprint density at radius 1 is 1.22 bits per heavy atom. The van der Waals surface area contributed by atoms with E-state index in [0.717, 1.165) is 31.7 Å². The first-order valence-corrected chi connectivity index (χ1v) is 6.71. The Kier molecular flexibility index (Phi) is 3.92. The molecule has 3 nitrogen and oxygen atoms in total. The van der Waals surface area contributed by atoms with Gasteiger partial charge in [0.15, 0.2) is 0 Å². The number of anilines is 1. The minimum Gasteiger partial charge on any atom is -0.399 e. The van der Waals surface area contributed by atoms with Gasteiger partial charge in [0.2, 0.25) is 0 Å². The molecule has 3 heteroatoms. The molecule has 2 N–H and O–H groups in total. The molecular formula is C15H23N3. The Morgan fingerprint density at radius 3 is 2.61 bits per heavy atom. The number of benzene rings is 1. The molecule has 0 bridgehead atoms. The summed E-state index contributed by atoms with van der Waals surface area (Å²) in [4.78, 5) is 2.45. The lowest BCUT2D eigenvalue weighted by Gasteiger charge is -2.17. The zero-order valence-corrected chi connectivity index (χ0v) is 11.6. The minimum absolute atomic E-state index is 0.845. The topological polar surface area (TPSA) is 34.2 Å². The molecule has 0 unspecified atom stereocenters. The molecule has 2 rings (SSSR count). The summed E-state index contributed by atoms with van der Waals surface area (Å²) in [5.41, 5.74) is 9.39. The van der Waals surface area contributed by atoms with Crippen LogP contribution in [0.5, 0.6) is 0 Å². The first kappa shape index (κ1) is 13.0. The maximum absolute atomic E-state index is 5.89. The second kappa shape index (κ2) is 5.44. The molecule has 1 aromatic heterocycles. The van der Waals surface area contributed by atoms with Crippen LogP contribution in [0.4, 0.5) is 5.69 Å². The minimum atomic E-state index is 0.845. The number of aromatic nitrogens is 1. The van der Waals surface area contributed by atoms with Crippen molar-refractivity contribution in [3.63, 3.8) is 0 Å². The molecule has 0 aliphatic rings. The van der Waals surface area contributed by atoms with Gasteiger partial charge in [-0.25, -0.2) is 0 Å². The normalized spacial score (nSPS) is 11.6. The van der Waals surface area contributed by atoms with Crippen LogP contribution in [0.25, 0.3) is 10.9 Å². The number of hydrogen-bond donors (Lipinski definition) is 1. The highest BCUT2D eigenvalue weighted by atomic mass is 15.1. The number of hydrogen-bond acceptors (Lipinski definition) is 2. The Labute approximate surface area is 109 Å². The standard InChI is InChI=1S/C15H23N3/c1-4-18(5-2)9-8-12-11-17(3)15-7-6-13(16)10-14(12)15/h6-7,10-11H,4-5,8-9,16H2,1-3H3. The Bertz CT molecular complexity index is 524. The lowest BCUT2D eigenvalue weighted by atomic mass is 10.1. The molecule has 18 heavy (non-hydrogen) atoms. The van der Waals surface area contributed by atoms with Gasteiger partial charge in [0.05, 0.1) is 0 Å². The fraction of sp³-hybridized carbons (Fsp3) is 0.467. The maximum atomic E-state index is 5.89. The zero-order chi connectivity index (χ0) is 13.1. The van der Waals surface area contributed by atoms with Gasteiger partial charge in [0.25, 0.3) is 0 Å². The number of nitrogens with two attached hydrogens (primary N) is 1. The van der Waals surface area contributed by atoms with Gasteiger partial charge in [-0.05, 0) is 43.3 Å². The zero-order valence-electron chi connectivity index (χ0n) is 11.6. The predicted octanol–water partition coefficient (Wildman–Crippen LogP) is 2.64. The van der Waals surface area contributed by atoms with E-state index in [0.29, 0.717) is 0 Å². The molecule has 0 saturated carbocycles. The average molecular weight is 245 g/mol. The quantitative estimate of drug-likeness (QED) is 0.822. The first-order valence-electron chi connectivity index (χ1n) is 6.71. The number of fused-ring (bicyclic) bond motifs is 1. The molecule has 2 aromatic rings. The van der Waals surface area contributed by atoms with E-state index in [2.05, 4.69) is 48.7 Å². The van der Waals surface area contributed by atoms with Crippen LogP contribution in [-0.2, 0) is 13.5 Å². The molecule has 0 radical (unpaired) electrons. The van der Waals surface area contributed by atoms with Crippen molar-refractivity contribution in [2.45, 2.75) is 20.3 Å². The second-order valence-electron chi connectivity index (χ2n) is 4.82. The predicted molar refractivity (Wildman–Crippen MR) is 78.8 cm³/mol. The first-order chi connectivity index (χ1) is 8.65. The van der Waals surface area contributed by atoms with Crippen molar-refractivity contribution in [1.29, 1.82) is 0 Å². The van der Waals surface area contributed by atoms with E-state index >= 15 is 0 Å². The fourth-order valence-electron chi connectivity index (χ4n) is 2.51. The van der Waals surface area contributed by atoms with Crippen molar-refractivity contribution in [2.24, 2.45) is 7.05 Å². The second-order valence-corrected chi connectivity index (χ2v) is 4.82. The number of rotatable bonds is 5. The van der Waals surface area contributed by atoms with Crippen LogP contribution < -0.4 is 5.73 Å². The van der Waals surface area contributed by atoms with Crippen molar-refractivity contribution in [3.05, 3.63) is 30.0 Å². The Balaban J connectivity index is 2.25. The third kappa shape index (κ3) is 2.51. The molecule has 0 spiro atoms. The summed E-state index contributed by atoms with van der Waals surface area (Å²) in [6.45, 7) is 7.77. The number of aryl methyl sites for hydroxylation is 1. The van der Waals surface area contributed by atoms with E-state index in [1.165, 1.54) is 16.5 Å². The summed E-state index contributed by atoms with van der Waals surface area (Å²) >= 11 is 0. The van der Waals surface area contributed by atoms with Crippen molar-refractivity contribution < 1.29 is 0 Å². The summed E-state index contributed by atoms with van der Waals surface area (Å²) in [6.07, 6.45) is 3.32. The highest BCUT2D eigenvalue weighted by molar-refractivity contribution is 5.86. The monoisotopic (exact) mass is 245 g/mol. The highest BCUT2D eigenvalue weighted by Gasteiger charge is 2.08. The van der Waals surface area contributed by atoms with Crippen LogP contribution in [0.3, 0.4) is 0 Å². The van der Waals surface area contributed by atoms with E-state index in [1.807, 2.05) is 6.07 Å². The summed E-state index contributed by atoms with van der Waals surface area (Å²) < 4.78 is 2.19. The van der Waals surface area contributed by atoms with Crippen LogP contribution in [0.2, 0.25) is 0 Å². The third-order valence-electron chi connectivity index (χ3n) is 3.69. The SMILES string of the molecule is CCN(CC)CCc1cn(C)c2ccc(N)cc12. The van der Waals surface area contributed by atoms with Crippen molar-refractivity contribution in [3.8, 4) is 0 Å². The largest absolute Gasteiger partial charge is 0.399 e. The Hall–Kier alpha value is -1.48. The van der Waals surface area contributed by atoms with Gasteiger partial charge in [-0.15, -0.1) is 0 Å². The highest BCUT2D eigenvalue weighted by Crippen LogP contribution is 2.23. The van der Waals surface area contributed by atoms with Gasteiger partial charge in [-0.3, -0.25) is 0 Å². The van der Waals surface area contributed by atoms with Crippen LogP contribution in [0.15, 0.2) is 24.4 Å². The molecule has 0 saturated heterocycles. The molecule has 0 aliphatic heterocycles. The van der Waals surface area contributed by atoms with E-state index in [-0.39, 0.29) is 0 Å². The van der Waals surface area contributed by atoms with E-state index in [9.17, 15) is 0 Å². The van der Waals surface area contributed by atoms with Crippen molar-refractivity contribution in [2.75, 3.05) is 25.4 Å². The lowest BCUT2D eigenvalue weighted by molar-refractivity contribution is 0.308. The molecule has 98 valence electrons. The molecule has 0 fully saturated rings. The molecule has 1 heterocycles.